The van der Waals surface area contributed by atoms with Crippen molar-refractivity contribution in [3.8, 4) is 0 Å². The molecule has 0 heterocycles. The van der Waals surface area contributed by atoms with Crippen molar-refractivity contribution in [2.45, 2.75) is 92.3 Å². The third-order valence-corrected chi connectivity index (χ3v) is 7.77. The zero-order valence-corrected chi connectivity index (χ0v) is 20.8. The summed E-state index contributed by atoms with van der Waals surface area (Å²) in [5, 5.41) is 0. The van der Waals surface area contributed by atoms with Crippen LogP contribution in [0.3, 0.4) is 0 Å². The van der Waals surface area contributed by atoms with Crippen LogP contribution < -0.4 is 0 Å². The lowest BCUT2D eigenvalue weighted by atomic mass is 9.75. The maximum atomic E-state index is 13.0. The van der Waals surface area contributed by atoms with Crippen LogP contribution >= 0.6 is 0 Å². The van der Waals surface area contributed by atoms with Gasteiger partial charge >= 0.3 is 11.9 Å². The largest absolute Gasteiger partial charge is 0.458 e. The molecule has 0 bridgehead atoms. The highest BCUT2D eigenvalue weighted by molar-refractivity contribution is 5.95. The van der Waals surface area contributed by atoms with E-state index in [-0.39, 0.29) is 24.1 Å². The first-order valence-electron chi connectivity index (χ1n) is 12.7. The van der Waals surface area contributed by atoms with Crippen molar-refractivity contribution in [1.82, 2.24) is 0 Å². The molecule has 6 atom stereocenters. The third-order valence-electron chi connectivity index (χ3n) is 7.77. The number of benzene rings is 1. The molecule has 2 saturated carbocycles. The normalized spacial score (nSPS) is 30.9. The van der Waals surface area contributed by atoms with Gasteiger partial charge in [-0.25, -0.2) is 9.59 Å². The molecular formula is C28H42O4. The summed E-state index contributed by atoms with van der Waals surface area (Å²) in [6.07, 6.45) is 6.28. The van der Waals surface area contributed by atoms with Gasteiger partial charge in [-0.05, 0) is 79.4 Å². The van der Waals surface area contributed by atoms with E-state index in [1.807, 2.05) is 0 Å². The van der Waals surface area contributed by atoms with E-state index in [1.54, 1.807) is 24.3 Å². The molecule has 2 aliphatic rings. The van der Waals surface area contributed by atoms with Crippen molar-refractivity contribution in [3.63, 3.8) is 0 Å². The summed E-state index contributed by atoms with van der Waals surface area (Å²) in [5.74, 6) is 2.20. The average molecular weight is 443 g/mol. The lowest BCUT2D eigenvalue weighted by Crippen LogP contribution is -2.36. The molecule has 2 fully saturated rings. The van der Waals surface area contributed by atoms with Gasteiger partial charge in [-0.15, -0.1) is 0 Å². The Morgan fingerprint density at radius 1 is 0.750 bits per heavy atom. The van der Waals surface area contributed by atoms with E-state index in [0.717, 1.165) is 25.7 Å². The van der Waals surface area contributed by atoms with E-state index in [0.29, 0.717) is 46.6 Å². The van der Waals surface area contributed by atoms with Crippen molar-refractivity contribution < 1.29 is 19.1 Å². The fourth-order valence-electron chi connectivity index (χ4n) is 5.68. The summed E-state index contributed by atoms with van der Waals surface area (Å²) in [6, 6.07) is 6.85. The molecule has 4 nitrogen and oxygen atoms in total. The van der Waals surface area contributed by atoms with Gasteiger partial charge in [0.1, 0.15) is 12.2 Å². The average Bonchev–Trinajstić information content (AvgIpc) is 2.73. The van der Waals surface area contributed by atoms with Crippen LogP contribution in [-0.2, 0) is 9.47 Å². The molecular weight excluding hydrogens is 400 g/mol. The molecule has 1 aromatic carbocycles. The minimum absolute atomic E-state index is 0.0580. The Hall–Kier alpha value is -1.84. The van der Waals surface area contributed by atoms with Gasteiger partial charge in [0.15, 0.2) is 0 Å². The van der Waals surface area contributed by atoms with Crippen LogP contribution in [0.15, 0.2) is 24.3 Å². The number of ether oxygens (including phenoxy) is 2. The predicted octanol–water partition coefficient (Wildman–Crippen LogP) is 6.92. The molecule has 32 heavy (non-hydrogen) atoms. The standard InChI is InChI=1S/C28H42O4/c1-17(2)23-12-10-19(5)14-25(23)31-27(29)21-8-7-9-22(16-21)28(30)32-26-15-20(6)11-13-24(26)18(3)4/h7-9,16-20,23-26H,10-15H2,1-6H3/t19-,20-,23+,24+,25-,26-/m1/s1. The highest BCUT2D eigenvalue weighted by atomic mass is 16.5. The number of esters is 2. The third kappa shape index (κ3) is 6.14. The van der Waals surface area contributed by atoms with Gasteiger partial charge < -0.3 is 9.47 Å². The smallest absolute Gasteiger partial charge is 0.338 e. The Kier molecular flexibility index (Phi) is 8.41. The molecule has 0 radical (unpaired) electrons. The number of rotatable bonds is 6. The van der Waals surface area contributed by atoms with Gasteiger partial charge in [0.25, 0.3) is 0 Å². The molecule has 0 spiro atoms. The second-order valence-electron chi connectivity index (χ2n) is 11.1. The van der Waals surface area contributed by atoms with Crippen LogP contribution in [0, 0.1) is 35.5 Å². The van der Waals surface area contributed by atoms with Gasteiger partial charge in [0.05, 0.1) is 11.1 Å². The topological polar surface area (TPSA) is 52.6 Å². The van der Waals surface area contributed by atoms with Crippen molar-refractivity contribution in [2.24, 2.45) is 35.5 Å². The van der Waals surface area contributed by atoms with Crippen molar-refractivity contribution >= 4 is 11.9 Å². The predicted molar refractivity (Wildman–Crippen MR) is 128 cm³/mol. The molecule has 1 aromatic rings. The molecule has 0 aliphatic heterocycles. The van der Waals surface area contributed by atoms with E-state index >= 15 is 0 Å². The van der Waals surface area contributed by atoms with Crippen molar-refractivity contribution in [2.75, 3.05) is 0 Å². The monoisotopic (exact) mass is 442 g/mol. The molecule has 0 aromatic heterocycles. The molecule has 3 rings (SSSR count). The quantitative estimate of drug-likeness (QED) is 0.449. The second-order valence-corrected chi connectivity index (χ2v) is 11.1. The minimum atomic E-state index is -0.337. The maximum absolute atomic E-state index is 13.0. The Labute approximate surface area is 194 Å². The van der Waals surface area contributed by atoms with E-state index in [9.17, 15) is 9.59 Å². The summed E-state index contributed by atoms with van der Waals surface area (Å²) in [4.78, 5) is 25.9. The van der Waals surface area contributed by atoms with Crippen molar-refractivity contribution in [1.29, 1.82) is 0 Å². The SMILES string of the molecule is CC(C)[C@@H]1CC[C@@H](C)C[C@H]1OC(=O)c1cccc(C(=O)O[C@@H]2C[C@H](C)CC[C@H]2C(C)C)c1. The van der Waals surface area contributed by atoms with E-state index in [4.69, 9.17) is 9.47 Å². The van der Waals surface area contributed by atoms with E-state index in [1.165, 1.54) is 12.8 Å². The number of carbonyl (C=O) groups is 2. The van der Waals surface area contributed by atoms with Crippen LogP contribution in [0.1, 0.15) is 101 Å². The Bertz CT molecular complexity index is 722. The first-order valence-corrected chi connectivity index (χ1v) is 12.7. The summed E-state index contributed by atoms with van der Waals surface area (Å²) in [6.45, 7) is 13.3. The molecule has 178 valence electrons. The Balaban J connectivity index is 1.68. The second kappa shape index (κ2) is 10.9. The van der Waals surface area contributed by atoms with Crippen LogP contribution in [0.25, 0.3) is 0 Å². The molecule has 0 saturated heterocycles. The molecule has 0 unspecified atom stereocenters. The number of carbonyl (C=O) groups excluding carboxylic acids is 2. The number of hydrogen-bond donors (Lipinski definition) is 0. The van der Waals surface area contributed by atoms with Gasteiger partial charge in [0, 0.05) is 0 Å². The summed E-state index contributed by atoms with van der Waals surface area (Å²) in [5.41, 5.74) is 0.857. The number of hydrogen-bond acceptors (Lipinski definition) is 4. The van der Waals surface area contributed by atoms with Crippen LogP contribution in [-0.4, -0.2) is 24.1 Å². The van der Waals surface area contributed by atoms with Gasteiger partial charge in [-0.3, -0.25) is 0 Å². The van der Waals surface area contributed by atoms with Crippen LogP contribution in [0.4, 0.5) is 0 Å². The highest BCUT2D eigenvalue weighted by Gasteiger charge is 2.35. The van der Waals surface area contributed by atoms with E-state index in [2.05, 4.69) is 41.5 Å². The Morgan fingerprint density at radius 2 is 1.16 bits per heavy atom. The van der Waals surface area contributed by atoms with Gasteiger partial charge in [-0.1, -0.05) is 60.5 Å². The maximum Gasteiger partial charge on any atom is 0.338 e. The fourth-order valence-corrected chi connectivity index (χ4v) is 5.68. The van der Waals surface area contributed by atoms with E-state index < -0.39 is 0 Å². The van der Waals surface area contributed by atoms with Crippen LogP contribution in [0.5, 0.6) is 0 Å². The zero-order valence-electron chi connectivity index (χ0n) is 20.8. The van der Waals surface area contributed by atoms with Crippen molar-refractivity contribution in [3.05, 3.63) is 35.4 Å². The van der Waals surface area contributed by atoms with Gasteiger partial charge in [-0.2, -0.15) is 0 Å². The summed E-state index contributed by atoms with van der Waals surface area (Å²) < 4.78 is 12.0. The highest BCUT2D eigenvalue weighted by Crippen LogP contribution is 2.37. The summed E-state index contributed by atoms with van der Waals surface area (Å²) in [7, 11) is 0. The lowest BCUT2D eigenvalue weighted by molar-refractivity contribution is -0.0174. The first kappa shape index (κ1) is 24.8. The zero-order chi connectivity index (χ0) is 23.4. The minimum Gasteiger partial charge on any atom is -0.458 e. The molecule has 2 aliphatic carbocycles. The molecule has 0 amide bonds. The first-order chi connectivity index (χ1) is 15.2. The van der Waals surface area contributed by atoms with Crippen LogP contribution in [0.2, 0.25) is 0 Å². The molecule has 4 heteroatoms. The van der Waals surface area contributed by atoms with Gasteiger partial charge in [0.2, 0.25) is 0 Å². The summed E-state index contributed by atoms with van der Waals surface area (Å²) >= 11 is 0. The molecule has 0 N–H and O–H groups in total. The fraction of sp³-hybridized carbons (Fsp3) is 0.714. The lowest BCUT2D eigenvalue weighted by Gasteiger charge is -2.37. The Morgan fingerprint density at radius 3 is 1.53 bits per heavy atom.